The van der Waals surface area contributed by atoms with Gasteiger partial charge in [0.2, 0.25) is 0 Å². The van der Waals surface area contributed by atoms with Crippen molar-refractivity contribution in [3.63, 3.8) is 0 Å². The minimum absolute atomic E-state index is 0.246. The van der Waals surface area contributed by atoms with Gasteiger partial charge in [0.1, 0.15) is 5.82 Å². The smallest absolute Gasteiger partial charge is 0.126 e. The van der Waals surface area contributed by atoms with Crippen LogP contribution >= 0.6 is 11.8 Å². The van der Waals surface area contributed by atoms with Crippen LogP contribution in [-0.4, -0.2) is 10.4 Å². The van der Waals surface area contributed by atoms with Crippen LogP contribution in [0.25, 0.3) is 0 Å². The summed E-state index contributed by atoms with van der Waals surface area (Å²) in [7, 11) is 0. The van der Waals surface area contributed by atoms with Crippen molar-refractivity contribution >= 4 is 11.8 Å². The van der Waals surface area contributed by atoms with E-state index in [9.17, 15) is 9.50 Å². The average Bonchev–Trinajstić information content (AvgIpc) is 2.22. The Kier molecular flexibility index (Phi) is 4.81. The molecular formula is C13H19FOS. The first kappa shape index (κ1) is 13.5. The van der Waals surface area contributed by atoms with Crippen LogP contribution in [-0.2, 0) is 0 Å². The first-order valence-electron chi connectivity index (χ1n) is 5.60. The maximum atomic E-state index is 13.4. The third kappa shape index (κ3) is 3.22. The van der Waals surface area contributed by atoms with Crippen molar-refractivity contribution < 1.29 is 9.50 Å². The molecule has 0 aliphatic carbocycles. The number of aliphatic hydroxyl groups excluding tert-OH is 1. The van der Waals surface area contributed by atoms with Crippen molar-refractivity contribution in [3.8, 4) is 0 Å². The number of aryl methyl sites for hydroxylation is 1. The van der Waals surface area contributed by atoms with Crippen LogP contribution in [0.1, 0.15) is 44.4 Å². The van der Waals surface area contributed by atoms with Gasteiger partial charge in [-0.2, -0.15) is 0 Å². The molecule has 0 bridgehead atoms. The van der Waals surface area contributed by atoms with E-state index in [-0.39, 0.29) is 5.82 Å². The molecule has 1 aromatic carbocycles. The van der Waals surface area contributed by atoms with Gasteiger partial charge >= 0.3 is 0 Å². The second-order valence-electron chi connectivity index (χ2n) is 4.15. The van der Waals surface area contributed by atoms with Crippen LogP contribution in [0.2, 0.25) is 0 Å². The van der Waals surface area contributed by atoms with E-state index in [2.05, 4.69) is 13.8 Å². The maximum Gasteiger partial charge on any atom is 0.126 e. The Balaban J connectivity index is 3.09. The Morgan fingerprint density at radius 3 is 2.50 bits per heavy atom. The van der Waals surface area contributed by atoms with E-state index >= 15 is 0 Å². The van der Waals surface area contributed by atoms with E-state index in [1.54, 1.807) is 25.6 Å². The lowest BCUT2D eigenvalue weighted by Crippen LogP contribution is -2.00. The molecule has 0 aliphatic heterocycles. The SMILES string of the molecule is CCC(C)Sc1cc(C)c(F)cc1[C@@H](C)O. The number of thioether (sulfide) groups is 1. The van der Waals surface area contributed by atoms with E-state index in [0.717, 1.165) is 11.3 Å². The van der Waals surface area contributed by atoms with Crippen LogP contribution < -0.4 is 0 Å². The van der Waals surface area contributed by atoms with Crippen molar-refractivity contribution in [3.05, 3.63) is 29.1 Å². The van der Waals surface area contributed by atoms with E-state index < -0.39 is 6.10 Å². The molecule has 1 nitrogen and oxygen atoms in total. The summed E-state index contributed by atoms with van der Waals surface area (Å²) >= 11 is 1.69. The van der Waals surface area contributed by atoms with Gasteiger partial charge < -0.3 is 5.11 Å². The molecule has 1 N–H and O–H groups in total. The van der Waals surface area contributed by atoms with Crippen LogP contribution in [0.15, 0.2) is 17.0 Å². The molecule has 1 rings (SSSR count). The highest BCUT2D eigenvalue weighted by Crippen LogP contribution is 2.33. The average molecular weight is 242 g/mol. The third-order valence-corrected chi connectivity index (χ3v) is 3.99. The van der Waals surface area contributed by atoms with Crippen molar-refractivity contribution in [2.45, 2.75) is 50.4 Å². The highest BCUT2D eigenvalue weighted by Gasteiger charge is 2.14. The number of aliphatic hydroxyl groups is 1. The van der Waals surface area contributed by atoms with Gasteiger partial charge in [-0.25, -0.2) is 4.39 Å². The zero-order valence-corrected chi connectivity index (χ0v) is 11.1. The molecule has 90 valence electrons. The molecule has 1 aromatic rings. The second-order valence-corrected chi connectivity index (χ2v) is 5.63. The van der Waals surface area contributed by atoms with Crippen LogP contribution in [0.3, 0.4) is 0 Å². The quantitative estimate of drug-likeness (QED) is 0.803. The van der Waals surface area contributed by atoms with Crippen molar-refractivity contribution in [2.24, 2.45) is 0 Å². The van der Waals surface area contributed by atoms with Crippen molar-refractivity contribution in [1.82, 2.24) is 0 Å². The van der Waals surface area contributed by atoms with Crippen molar-refractivity contribution in [2.75, 3.05) is 0 Å². The molecule has 0 saturated heterocycles. The lowest BCUT2D eigenvalue weighted by atomic mass is 10.1. The van der Waals surface area contributed by atoms with Gasteiger partial charge in [0.15, 0.2) is 0 Å². The van der Waals surface area contributed by atoms with Gasteiger partial charge in [-0.15, -0.1) is 11.8 Å². The Labute approximate surface area is 101 Å². The normalized spacial score (nSPS) is 14.9. The number of halogens is 1. The van der Waals surface area contributed by atoms with Gasteiger partial charge in [0.25, 0.3) is 0 Å². The minimum Gasteiger partial charge on any atom is -0.389 e. The molecule has 16 heavy (non-hydrogen) atoms. The third-order valence-electron chi connectivity index (χ3n) is 2.64. The summed E-state index contributed by atoms with van der Waals surface area (Å²) in [5.74, 6) is -0.246. The summed E-state index contributed by atoms with van der Waals surface area (Å²) in [6.07, 6.45) is 0.432. The molecule has 0 fully saturated rings. The molecule has 0 spiro atoms. The monoisotopic (exact) mass is 242 g/mol. The van der Waals surface area contributed by atoms with E-state index in [4.69, 9.17) is 0 Å². The highest BCUT2D eigenvalue weighted by molar-refractivity contribution is 8.00. The lowest BCUT2D eigenvalue weighted by Gasteiger charge is -2.16. The molecule has 0 aliphatic rings. The standard InChI is InChI=1S/C13H19FOS/c1-5-9(3)16-13-6-8(2)12(14)7-11(13)10(4)15/h6-7,9-10,15H,5H2,1-4H3/t9?,10-/m1/s1. The molecule has 0 aromatic heterocycles. The first-order valence-corrected chi connectivity index (χ1v) is 6.48. The summed E-state index contributed by atoms with van der Waals surface area (Å²) in [6.45, 7) is 7.68. The molecule has 0 heterocycles. The van der Waals surface area contributed by atoms with Crippen molar-refractivity contribution in [1.29, 1.82) is 0 Å². The van der Waals surface area contributed by atoms with Gasteiger partial charge in [-0.05, 0) is 43.5 Å². The van der Waals surface area contributed by atoms with Crippen LogP contribution in [0.5, 0.6) is 0 Å². The maximum absolute atomic E-state index is 13.4. The number of hydrogen-bond acceptors (Lipinski definition) is 2. The fourth-order valence-corrected chi connectivity index (χ4v) is 2.61. The highest BCUT2D eigenvalue weighted by atomic mass is 32.2. The molecular weight excluding hydrogens is 223 g/mol. The second kappa shape index (κ2) is 5.69. The number of benzene rings is 1. The van der Waals surface area contributed by atoms with Gasteiger partial charge in [-0.3, -0.25) is 0 Å². The summed E-state index contributed by atoms with van der Waals surface area (Å²) < 4.78 is 13.4. The summed E-state index contributed by atoms with van der Waals surface area (Å²) in [6, 6.07) is 3.28. The Bertz CT molecular complexity index is 363. The fourth-order valence-electron chi connectivity index (χ4n) is 1.40. The number of rotatable bonds is 4. The van der Waals surface area contributed by atoms with Gasteiger partial charge in [0.05, 0.1) is 6.10 Å². The zero-order chi connectivity index (χ0) is 12.3. The largest absolute Gasteiger partial charge is 0.389 e. The molecule has 3 heteroatoms. The van der Waals surface area contributed by atoms with Gasteiger partial charge in [0, 0.05) is 10.1 Å². The molecule has 0 amide bonds. The van der Waals surface area contributed by atoms with Gasteiger partial charge in [-0.1, -0.05) is 13.8 Å². The molecule has 0 saturated carbocycles. The van der Waals surface area contributed by atoms with Crippen LogP contribution in [0.4, 0.5) is 4.39 Å². The summed E-state index contributed by atoms with van der Waals surface area (Å²) in [5.41, 5.74) is 1.32. The predicted octanol–water partition coefficient (Wildman–Crippen LogP) is 4.08. The first-order chi connectivity index (χ1) is 7.45. The van der Waals surface area contributed by atoms with Crippen LogP contribution in [0, 0.1) is 12.7 Å². The fraction of sp³-hybridized carbons (Fsp3) is 0.538. The van der Waals surface area contributed by atoms with E-state index in [1.165, 1.54) is 6.07 Å². The molecule has 1 unspecified atom stereocenters. The Hall–Kier alpha value is -0.540. The summed E-state index contributed by atoms with van der Waals surface area (Å²) in [4.78, 5) is 0.989. The molecule has 2 atom stereocenters. The lowest BCUT2D eigenvalue weighted by molar-refractivity contribution is 0.196. The zero-order valence-electron chi connectivity index (χ0n) is 10.2. The Morgan fingerprint density at radius 1 is 1.38 bits per heavy atom. The van der Waals surface area contributed by atoms with E-state index in [0.29, 0.717) is 16.4 Å². The molecule has 0 radical (unpaired) electrons. The van der Waals surface area contributed by atoms with E-state index in [1.807, 2.05) is 6.07 Å². The minimum atomic E-state index is -0.623. The Morgan fingerprint density at radius 2 is 2.00 bits per heavy atom. The summed E-state index contributed by atoms with van der Waals surface area (Å²) in [5, 5.41) is 10.1. The topological polar surface area (TPSA) is 20.2 Å². The number of hydrogen-bond donors (Lipinski definition) is 1. The predicted molar refractivity (Wildman–Crippen MR) is 67.4 cm³/mol.